The van der Waals surface area contributed by atoms with E-state index >= 15 is 0 Å². The van der Waals surface area contributed by atoms with Crippen molar-refractivity contribution >= 4 is 20.4 Å². The molecule has 0 saturated carbocycles. The third kappa shape index (κ3) is 5.95. The van der Waals surface area contributed by atoms with Gasteiger partial charge in [-0.15, -0.1) is 0 Å². The molecule has 9 heteroatoms. The van der Waals surface area contributed by atoms with Gasteiger partial charge in [0.15, 0.2) is 0 Å². The Kier molecular flexibility index (Phi) is 8.67. The maximum atomic E-state index is 13.5. The molecule has 0 atom stereocenters. The molecular weight excluding hydrogens is 485 g/mol. The van der Waals surface area contributed by atoms with Crippen LogP contribution in [0.3, 0.4) is 0 Å². The number of alkyl halides is 3. The van der Waals surface area contributed by atoms with E-state index in [1.54, 1.807) is 84.9 Å². The van der Waals surface area contributed by atoms with Crippen molar-refractivity contribution < 1.29 is 30.0 Å². The van der Waals surface area contributed by atoms with E-state index in [2.05, 4.69) is 6.92 Å². The lowest BCUT2D eigenvalue weighted by atomic mass is 10.2. The zero-order chi connectivity index (χ0) is 24.7. The fraction of sp³-hybridized carbons (Fsp3) is 0.280. The summed E-state index contributed by atoms with van der Waals surface area (Å²) in [6.07, 6.45) is 4.17. The van der Waals surface area contributed by atoms with Gasteiger partial charge in [0.05, 0.1) is 6.61 Å². The first kappa shape index (κ1) is 26.1. The zero-order valence-electron chi connectivity index (χ0n) is 18.7. The Morgan fingerprint density at radius 1 is 0.706 bits per heavy atom. The molecule has 3 aromatic carbocycles. The molecule has 34 heavy (non-hydrogen) atoms. The minimum atomic E-state index is -5.93. The van der Waals surface area contributed by atoms with Crippen LogP contribution in [-0.4, -0.2) is 20.5 Å². The van der Waals surface area contributed by atoms with Crippen LogP contribution in [0.5, 0.6) is 5.75 Å². The average Bonchev–Trinajstić information content (AvgIpc) is 2.83. The molecule has 0 spiro atoms. The second-order valence-electron chi connectivity index (χ2n) is 7.53. The Bertz CT molecular complexity index is 1090. The van der Waals surface area contributed by atoms with Crippen molar-refractivity contribution in [2.24, 2.45) is 0 Å². The molecule has 0 aromatic heterocycles. The molecule has 0 N–H and O–H groups in total. The van der Waals surface area contributed by atoms with Gasteiger partial charge in [0.1, 0.15) is 5.75 Å². The highest BCUT2D eigenvalue weighted by Gasteiger charge is 2.52. The minimum absolute atomic E-state index is 0.302. The topological polar surface area (TPSA) is 52.6 Å². The van der Waals surface area contributed by atoms with Crippen LogP contribution in [0, 0.1) is 0 Å². The van der Waals surface area contributed by atoms with Crippen LogP contribution in [-0.2, 0) is 13.7 Å². The van der Waals surface area contributed by atoms with E-state index in [1.165, 1.54) is 0 Å². The maximum Gasteiger partial charge on any atom is 0.524 e. The second-order valence-corrected chi connectivity index (χ2v) is 12.0. The van der Waals surface area contributed by atoms with Gasteiger partial charge in [-0.05, 0) is 65.3 Å². The van der Waals surface area contributed by atoms with E-state index in [0.29, 0.717) is 27.0 Å². The summed E-state index contributed by atoms with van der Waals surface area (Å²) in [5, 5.41) is 0. The Morgan fingerprint density at radius 3 is 1.68 bits per heavy atom. The summed E-state index contributed by atoms with van der Waals surface area (Å²) in [6, 6.07) is 22.7. The summed E-state index contributed by atoms with van der Waals surface area (Å²) in [6.45, 7) is 2.64. The molecule has 3 aromatic rings. The van der Waals surface area contributed by atoms with Gasteiger partial charge in [-0.25, -0.2) is 0 Å². The number of unbranched alkanes of at least 4 members (excludes halogenated alkanes) is 3. The molecule has 0 radical (unpaired) electrons. The first-order chi connectivity index (χ1) is 16.2. The van der Waals surface area contributed by atoms with Gasteiger partial charge in [0, 0.05) is 14.7 Å². The van der Waals surface area contributed by atoms with E-state index in [9.17, 15) is 21.6 Å². The van der Waals surface area contributed by atoms with Crippen molar-refractivity contribution in [3.8, 4) is 5.75 Å². The maximum absolute atomic E-state index is 13.5. The van der Waals surface area contributed by atoms with Gasteiger partial charge < -0.3 is 4.74 Å². The average molecular weight is 513 g/mol. The first-order valence-electron chi connectivity index (χ1n) is 10.9. The van der Waals surface area contributed by atoms with Crippen LogP contribution in [0.15, 0.2) is 99.6 Å². The quantitative estimate of drug-likeness (QED) is 0.195. The standard InChI is InChI=1S/C25H27F3O4S2/c1-2-3-4-11-20-31-21-16-18-24(19-17-21)33(22-12-7-5-8-13-22,23-14-9-6-10-15-23)32-34(29,30)25(26,27)28/h5-10,12-19H,2-4,11,20H2,1H3. The van der Waals surface area contributed by atoms with E-state index in [4.69, 9.17) is 8.37 Å². The molecule has 0 aliphatic rings. The Balaban J connectivity index is 2.10. The molecule has 3 rings (SSSR count). The summed E-state index contributed by atoms with van der Waals surface area (Å²) in [5.74, 6) is 0.549. The lowest BCUT2D eigenvalue weighted by Crippen LogP contribution is -2.27. The Labute approximate surface area is 200 Å². The van der Waals surface area contributed by atoms with E-state index in [-0.39, 0.29) is 0 Å². The SMILES string of the molecule is CCCCCCOc1ccc(S(OS(=O)(=O)C(F)(F)F)(c2ccccc2)c2ccccc2)cc1. The Hall–Kier alpha value is -2.49. The van der Waals surface area contributed by atoms with Crippen LogP contribution < -0.4 is 4.74 Å². The normalized spacial score (nSPS) is 12.9. The smallest absolute Gasteiger partial charge is 0.494 e. The largest absolute Gasteiger partial charge is 0.524 e. The van der Waals surface area contributed by atoms with Crippen molar-refractivity contribution in [2.75, 3.05) is 6.61 Å². The molecule has 0 aliphatic heterocycles. The molecule has 0 bridgehead atoms. The van der Waals surface area contributed by atoms with Crippen molar-refractivity contribution in [1.82, 2.24) is 0 Å². The molecule has 0 saturated heterocycles. The molecule has 4 nitrogen and oxygen atoms in total. The summed E-state index contributed by atoms with van der Waals surface area (Å²) in [7, 11) is -9.21. The minimum Gasteiger partial charge on any atom is -0.494 e. The third-order valence-electron chi connectivity index (χ3n) is 5.05. The fourth-order valence-corrected chi connectivity index (χ4v) is 8.11. The van der Waals surface area contributed by atoms with Crippen LogP contribution in [0.2, 0.25) is 0 Å². The second kappa shape index (κ2) is 11.3. The fourth-order valence-electron chi connectivity index (χ4n) is 3.37. The highest BCUT2D eigenvalue weighted by molar-refractivity contribution is 8.33. The van der Waals surface area contributed by atoms with E-state index in [0.717, 1.165) is 25.7 Å². The monoisotopic (exact) mass is 512 g/mol. The summed E-state index contributed by atoms with van der Waals surface area (Å²) in [4.78, 5) is 0.945. The van der Waals surface area contributed by atoms with Crippen LogP contribution in [0.1, 0.15) is 32.6 Å². The molecule has 184 valence electrons. The van der Waals surface area contributed by atoms with Crippen LogP contribution >= 0.6 is 10.3 Å². The summed E-state index contributed by atoms with van der Waals surface area (Å²) < 4.78 is 76.1. The summed E-state index contributed by atoms with van der Waals surface area (Å²) in [5.41, 5.74) is -5.57. The number of ether oxygens (including phenoxy) is 1. The van der Waals surface area contributed by atoms with E-state index < -0.39 is 25.9 Å². The molecule has 0 heterocycles. The molecule has 0 unspecified atom stereocenters. The predicted molar refractivity (Wildman–Crippen MR) is 127 cm³/mol. The molecule has 0 fully saturated rings. The lowest BCUT2D eigenvalue weighted by Gasteiger charge is -2.39. The lowest BCUT2D eigenvalue weighted by molar-refractivity contribution is -0.0496. The van der Waals surface area contributed by atoms with Crippen LogP contribution in [0.25, 0.3) is 0 Å². The van der Waals surface area contributed by atoms with Crippen molar-refractivity contribution in [3.05, 3.63) is 84.9 Å². The zero-order valence-corrected chi connectivity index (χ0v) is 20.3. The van der Waals surface area contributed by atoms with Gasteiger partial charge >= 0.3 is 15.6 Å². The number of hydrogen-bond acceptors (Lipinski definition) is 4. The Morgan fingerprint density at radius 2 is 1.21 bits per heavy atom. The molecule has 0 amide bonds. The van der Waals surface area contributed by atoms with Crippen molar-refractivity contribution in [2.45, 2.75) is 52.8 Å². The van der Waals surface area contributed by atoms with Gasteiger partial charge in [-0.1, -0.05) is 62.6 Å². The number of halogens is 3. The molecular formula is C25H27F3O4S2. The van der Waals surface area contributed by atoms with Gasteiger partial charge in [0.25, 0.3) is 0 Å². The predicted octanol–water partition coefficient (Wildman–Crippen LogP) is 7.71. The highest BCUT2D eigenvalue weighted by Crippen LogP contribution is 2.70. The van der Waals surface area contributed by atoms with Crippen LogP contribution in [0.4, 0.5) is 13.2 Å². The van der Waals surface area contributed by atoms with Gasteiger partial charge in [-0.2, -0.15) is 25.2 Å². The van der Waals surface area contributed by atoms with Crippen molar-refractivity contribution in [1.29, 1.82) is 0 Å². The first-order valence-corrected chi connectivity index (χ1v) is 13.9. The highest BCUT2D eigenvalue weighted by atomic mass is 32.3. The van der Waals surface area contributed by atoms with Gasteiger partial charge in [0.2, 0.25) is 0 Å². The number of hydrogen-bond donors (Lipinski definition) is 0. The number of rotatable bonds is 11. The van der Waals surface area contributed by atoms with Crippen molar-refractivity contribution in [3.63, 3.8) is 0 Å². The third-order valence-corrected chi connectivity index (χ3v) is 9.96. The number of benzene rings is 3. The molecule has 0 aliphatic carbocycles. The van der Waals surface area contributed by atoms with E-state index in [1.807, 2.05) is 0 Å². The van der Waals surface area contributed by atoms with Gasteiger partial charge in [-0.3, -0.25) is 0 Å². The summed E-state index contributed by atoms with van der Waals surface area (Å²) >= 11 is 0.